The largest absolute Gasteiger partial charge is 0.416 e. The van der Waals surface area contributed by atoms with Crippen LogP contribution in [0.15, 0.2) is 60.1 Å². The number of alkyl halides is 3. The average Bonchev–Trinajstić information content (AvgIpc) is 2.74. The summed E-state index contributed by atoms with van der Waals surface area (Å²) in [5.41, 5.74) is 1.02. The Morgan fingerprint density at radius 3 is 2.48 bits per heavy atom. The van der Waals surface area contributed by atoms with Crippen LogP contribution in [0.25, 0.3) is 5.57 Å². The minimum atomic E-state index is -4.67. The van der Waals surface area contributed by atoms with Gasteiger partial charge in [0.25, 0.3) is 5.91 Å². The summed E-state index contributed by atoms with van der Waals surface area (Å²) in [4.78, 5) is 16.8. The molecule has 1 unspecified atom stereocenters. The fourth-order valence-corrected chi connectivity index (χ4v) is 4.03. The van der Waals surface area contributed by atoms with Gasteiger partial charge in [0.05, 0.1) is 11.3 Å². The molecule has 4 nitrogen and oxygen atoms in total. The average molecular weight is 433 g/mol. The van der Waals surface area contributed by atoms with Crippen LogP contribution in [-0.4, -0.2) is 41.9 Å². The molecule has 31 heavy (non-hydrogen) atoms. The molecule has 3 aliphatic rings. The lowest BCUT2D eigenvalue weighted by Gasteiger charge is -2.34. The summed E-state index contributed by atoms with van der Waals surface area (Å²) in [6.45, 7) is 5.16. The van der Waals surface area contributed by atoms with E-state index in [-0.39, 0.29) is 17.4 Å². The summed E-state index contributed by atoms with van der Waals surface area (Å²) in [5.74, 6) is -1.61. The van der Waals surface area contributed by atoms with E-state index in [0.29, 0.717) is 18.1 Å². The van der Waals surface area contributed by atoms with Crippen LogP contribution in [-0.2, 0) is 11.0 Å². The molecule has 1 fully saturated rings. The summed E-state index contributed by atoms with van der Waals surface area (Å²) in [7, 11) is 0. The Morgan fingerprint density at radius 2 is 1.77 bits per heavy atom. The van der Waals surface area contributed by atoms with E-state index in [0.717, 1.165) is 49.7 Å². The van der Waals surface area contributed by atoms with Gasteiger partial charge in [-0.25, -0.2) is 4.39 Å². The first-order chi connectivity index (χ1) is 14.7. The second-order valence-electron chi connectivity index (χ2n) is 7.92. The molecule has 3 heterocycles. The number of piperazine rings is 1. The number of allylic oxidation sites excluding steroid dienone is 4. The van der Waals surface area contributed by atoms with Crippen molar-refractivity contribution in [2.75, 3.05) is 26.2 Å². The van der Waals surface area contributed by atoms with Gasteiger partial charge < -0.3 is 10.2 Å². The third kappa shape index (κ3) is 4.58. The van der Waals surface area contributed by atoms with Crippen LogP contribution in [0.4, 0.5) is 17.6 Å². The fourth-order valence-electron chi connectivity index (χ4n) is 4.03. The highest BCUT2D eigenvalue weighted by Gasteiger charge is 2.32. The molecule has 0 spiro atoms. The third-order valence-corrected chi connectivity index (χ3v) is 5.73. The summed E-state index contributed by atoms with van der Waals surface area (Å²) >= 11 is 0. The van der Waals surface area contributed by atoms with Crippen molar-refractivity contribution in [3.63, 3.8) is 0 Å². The van der Waals surface area contributed by atoms with E-state index in [2.05, 4.69) is 10.2 Å². The van der Waals surface area contributed by atoms with Crippen molar-refractivity contribution in [1.29, 1.82) is 0 Å². The minimum absolute atomic E-state index is 0.0730. The molecule has 8 heteroatoms. The summed E-state index contributed by atoms with van der Waals surface area (Å²) in [6.07, 6.45) is 4.67. The van der Waals surface area contributed by atoms with E-state index in [4.69, 9.17) is 0 Å². The first-order valence-electron chi connectivity index (χ1n) is 10.2. The molecule has 0 aromatic heterocycles. The fraction of sp³-hybridized carbons (Fsp3) is 0.348. The molecule has 164 valence electrons. The predicted molar refractivity (Wildman–Crippen MR) is 110 cm³/mol. The number of hydrogen-bond acceptors (Lipinski definition) is 3. The van der Waals surface area contributed by atoms with Gasteiger partial charge in [0, 0.05) is 44.2 Å². The molecule has 0 saturated carbocycles. The number of carbonyl (C=O) groups is 1. The van der Waals surface area contributed by atoms with Gasteiger partial charge in [-0.15, -0.1) is 0 Å². The second kappa shape index (κ2) is 8.34. The van der Waals surface area contributed by atoms with Crippen LogP contribution in [0.2, 0.25) is 0 Å². The van der Waals surface area contributed by atoms with E-state index in [9.17, 15) is 22.4 Å². The highest BCUT2D eigenvalue weighted by molar-refractivity contribution is 5.98. The smallest absolute Gasteiger partial charge is 0.368 e. The predicted octanol–water partition coefficient (Wildman–Crippen LogP) is 4.30. The minimum Gasteiger partial charge on any atom is -0.368 e. The molecule has 1 amide bonds. The van der Waals surface area contributed by atoms with Gasteiger partial charge in [-0.1, -0.05) is 13.0 Å². The van der Waals surface area contributed by atoms with Crippen LogP contribution >= 0.6 is 0 Å². The number of hydrogen-bond donors (Lipinski definition) is 1. The Morgan fingerprint density at radius 1 is 1.06 bits per heavy atom. The van der Waals surface area contributed by atoms with Crippen LogP contribution in [0, 0.1) is 11.7 Å². The first-order valence-corrected chi connectivity index (χ1v) is 10.2. The molecular weight excluding hydrogens is 410 g/mol. The number of carbonyl (C=O) groups excluding carboxylic acids is 1. The summed E-state index contributed by atoms with van der Waals surface area (Å²) in [6, 6.07) is 2.42. The lowest BCUT2D eigenvalue weighted by Crippen LogP contribution is -2.43. The molecule has 0 bridgehead atoms. The summed E-state index contributed by atoms with van der Waals surface area (Å²) in [5, 5.41) is 3.28. The molecule has 1 saturated heterocycles. The van der Waals surface area contributed by atoms with Gasteiger partial charge in [-0.3, -0.25) is 9.69 Å². The molecule has 1 aromatic carbocycles. The number of amides is 1. The van der Waals surface area contributed by atoms with Crippen LogP contribution in [0.1, 0.15) is 24.5 Å². The molecule has 1 aromatic rings. The number of halogens is 4. The van der Waals surface area contributed by atoms with Gasteiger partial charge in [0.1, 0.15) is 5.82 Å². The van der Waals surface area contributed by atoms with Crippen molar-refractivity contribution in [2.24, 2.45) is 5.92 Å². The maximum atomic E-state index is 14.0. The molecule has 4 rings (SSSR count). The standard InChI is InChI=1S/C23H23F4N3O/c1-15-2-3-19-4-5-20(29-8-6-28-7-9-29)14-30(19)22(31)13-21(15)16-10-17(23(25,26)27)12-18(24)11-16/h3-5,10-15,28H,2,6-9H2,1H3. The van der Waals surface area contributed by atoms with Crippen molar-refractivity contribution in [2.45, 2.75) is 19.5 Å². The van der Waals surface area contributed by atoms with Crippen LogP contribution in [0.3, 0.4) is 0 Å². The van der Waals surface area contributed by atoms with Gasteiger partial charge in [-0.2, -0.15) is 13.2 Å². The highest BCUT2D eigenvalue weighted by atomic mass is 19.4. The lowest BCUT2D eigenvalue weighted by atomic mass is 9.88. The Hall–Kier alpha value is -2.87. The SMILES string of the molecule is CC1CC=C2C=CC(N3CCNCC3)=CN2C(=O)C=C1c1cc(F)cc(C(F)(F)F)c1. The van der Waals surface area contributed by atoms with Crippen LogP contribution < -0.4 is 5.32 Å². The molecule has 3 aliphatic heterocycles. The number of nitrogens with zero attached hydrogens (tertiary/aromatic N) is 2. The normalized spacial score (nSPS) is 22.3. The zero-order valence-electron chi connectivity index (χ0n) is 17.0. The zero-order chi connectivity index (χ0) is 22.2. The van der Waals surface area contributed by atoms with Crippen molar-refractivity contribution < 1.29 is 22.4 Å². The molecule has 0 radical (unpaired) electrons. The van der Waals surface area contributed by atoms with E-state index < -0.39 is 17.6 Å². The Labute approximate surface area is 178 Å². The zero-order valence-corrected chi connectivity index (χ0v) is 17.0. The number of benzene rings is 1. The van der Waals surface area contributed by atoms with E-state index in [1.165, 1.54) is 11.0 Å². The maximum Gasteiger partial charge on any atom is 0.416 e. The van der Waals surface area contributed by atoms with Crippen LogP contribution in [0.5, 0.6) is 0 Å². The van der Waals surface area contributed by atoms with Gasteiger partial charge in [0.15, 0.2) is 0 Å². The first kappa shape index (κ1) is 21.4. The van der Waals surface area contributed by atoms with Crippen molar-refractivity contribution in [1.82, 2.24) is 15.1 Å². The number of nitrogens with one attached hydrogen (secondary N) is 1. The quantitative estimate of drug-likeness (QED) is 0.707. The number of fused-ring (bicyclic) bond motifs is 1. The van der Waals surface area contributed by atoms with E-state index in [1.54, 1.807) is 6.20 Å². The van der Waals surface area contributed by atoms with Crippen molar-refractivity contribution >= 4 is 11.5 Å². The Kier molecular flexibility index (Phi) is 5.75. The Bertz CT molecular complexity index is 1000. The van der Waals surface area contributed by atoms with Gasteiger partial charge >= 0.3 is 6.18 Å². The second-order valence-corrected chi connectivity index (χ2v) is 7.92. The summed E-state index contributed by atoms with van der Waals surface area (Å²) < 4.78 is 53.5. The molecule has 1 N–H and O–H groups in total. The van der Waals surface area contributed by atoms with Gasteiger partial charge in [0.2, 0.25) is 0 Å². The molecule has 0 aliphatic carbocycles. The Balaban J connectivity index is 1.69. The maximum absolute atomic E-state index is 14.0. The van der Waals surface area contributed by atoms with Crippen molar-refractivity contribution in [3.8, 4) is 0 Å². The van der Waals surface area contributed by atoms with Gasteiger partial charge in [-0.05, 0) is 53.8 Å². The molecular formula is C23H23F4N3O. The van der Waals surface area contributed by atoms with Crippen molar-refractivity contribution in [3.05, 3.63) is 77.0 Å². The van der Waals surface area contributed by atoms with E-state index in [1.807, 2.05) is 25.2 Å². The highest BCUT2D eigenvalue weighted by Crippen LogP contribution is 2.36. The number of rotatable bonds is 2. The monoisotopic (exact) mass is 433 g/mol. The third-order valence-electron chi connectivity index (χ3n) is 5.73. The lowest BCUT2D eigenvalue weighted by molar-refractivity contribution is -0.137. The molecule has 1 atom stereocenters. The topological polar surface area (TPSA) is 35.6 Å². The van der Waals surface area contributed by atoms with E-state index >= 15 is 0 Å².